The number of rotatable bonds is 6. The van der Waals surface area contributed by atoms with Gasteiger partial charge in [0.2, 0.25) is 0 Å². The average molecular weight is 326 g/mol. The molecule has 8 nitrogen and oxygen atoms in total. The van der Waals surface area contributed by atoms with Gasteiger partial charge in [-0.15, -0.1) is 0 Å². The number of carbonyl (C=O) groups excluding carboxylic acids is 4. The largest absolute Gasteiger partial charge is 0.454 e. The summed E-state index contributed by atoms with van der Waals surface area (Å²) < 4.78 is 22.3. The number of imide groups is 1. The van der Waals surface area contributed by atoms with Crippen molar-refractivity contribution < 1.29 is 33.0 Å². The number of amides is 3. The molecule has 0 aliphatic carbocycles. The zero-order chi connectivity index (χ0) is 17.2. The molecule has 0 fully saturated rings. The van der Waals surface area contributed by atoms with Crippen LogP contribution in [0.3, 0.4) is 0 Å². The highest BCUT2D eigenvalue weighted by Crippen LogP contribution is 2.05. The van der Waals surface area contributed by atoms with Crippen LogP contribution in [0, 0.1) is 5.82 Å². The Hall–Kier alpha value is -2.97. The van der Waals surface area contributed by atoms with Crippen molar-refractivity contribution in [3.8, 4) is 0 Å². The lowest BCUT2D eigenvalue weighted by Gasteiger charge is -2.07. The van der Waals surface area contributed by atoms with Crippen LogP contribution >= 0.6 is 0 Å². The highest BCUT2D eigenvalue weighted by molar-refractivity contribution is 5.96. The summed E-state index contributed by atoms with van der Waals surface area (Å²) in [7, 11) is 0. The van der Waals surface area contributed by atoms with E-state index in [1.807, 2.05) is 5.32 Å². The molecule has 0 saturated carbocycles. The van der Waals surface area contributed by atoms with Crippen molar-refractivity contribution in [1.29, 1.82) is 0 Å². The maximum atomic E-state index is 13.3. The predicted octanol–water partition coefficient (Wildman–Crippen LogP) is 0.371. The van der Waals surface area contributed by atoms with Gasteiger partial charge in [0.15, 0.2) is 6.61 Å². The molecule has 0 atom stereocenters. The van der Waals surface area contributed by atoms with Gasteiger partial charge in [0, 0.05) is 0 Å². The molecule has 0 aliphatic rings. The molecule has 0 heterocycles. The van der Waals surface area contributed by atoms with E-state index < -0.39 is 42.8 Å². The summed E-state index contributed by atoms with van der Waals surface area (Å²) in [4.78, 5) is 45.1. The van der Waals surface area contributed by atoms with Gasteiger partial charge in [-0.1, -0.05) is 12.1 Å². The van der Waals surface area contributed by atoms with E-state index in [1.54, 1.807) is 6.92 Å². The number of nitrogens with one attached hydrogen (secondary N) is 2. The van der Waals surface area contributed by atoms with Gasteiger partial charge in [0.25, 0.3) is 11.8 Å². The number of benzene rings is 1. The lowest BCUT2D eigenvalue weighted by atomic mass is 10.2. The van der Waals surface area contributed by atoms with E-state index in [4.69, 9.17) is 0 Å². The van der Waals surface area contributed by atoms with Gasteiger partial charge < -0.3 is 14.8 Å². The normalized spacial score (nSPS) is 9.65. The van der Waals surface area contributed by atoms with E-state index in [0.717, 1.165) is 6.07 Å². The molecule has 0 spiro atoms. The summed E-state index contributed by atoms with van der Waals surface area (Å²) in [5.74, 6) is -3.32. The van der Waals surface area contributed by atoms with E-state index in [2.05, 4.69) is 14.8 Å². The van der Waals surface area contributed by atoms with Crippen LogP contribution in [0.2, 0.25) is 0 Å². The number of hydrogen-bond acceptors (Lipinski definition) is 6. The molecule has 23 heavy (non-hydrogen) atoms. The van der Waals surface area contributed by atoms with Gasteiger partial charge in [0.05, 0.1) is 12.2 Å². The Balaban J connectivity index is 2.32. The number of esters is 1. The first kappa shape index (κ1) is 18.1. The second-order valence-electron chi connectivity index (χ2n) is 4.09. The highest BCUT2D eigenvalue weighted by Gasteiger charge is 2.14. The fraction of sp³-hybridized carbons (Fsp3) is 0.286. The van der Waals surface area contributed by atoms with E-state index >= 15 is 0 Å². The molecule has 1 aromatic carbocycles. The molecule has 124 valence electrons. The minimum absolute atomic E-state index is 0.0843. The van der Waals surface area contributed by atoms with E-state index in [-0.39, 0.29) is 12.2 Å². The Morgan fingerprint density at radius 3 is 2.48 bits per heavy atom. The number of carbonyl (C=O) groups is 4. The van der Waals surface area contributed by atoms with Crippen LogP contribution in [0.15, 0.2) is 24.3 Å². The molecule has 3 amide bonds. The second-order valence-corrected chi connectivity index (χ2v) is 4.09. The topological polar surface area (TPSA) is 111 Å². The van der Waals surface area contributed by atoms with Gasteiger partial charge in [0.1, 0.15) is 12.4 Å². The Labute approximate surface area is 130 Å². The van der Waals surface area contributed by atoms with Crippen molar-refractivity contribution in [2.75, 3.05) is 19.8 Å². The van der Waals surface area contributed by atoms with Gasteiger partial charge in [-0.05, 0) is 19.1 Å². The number of halogens is 1. The summed E-state index contributed by atoms with van der Waals surface area (Å²) in [5, 5.41) is 3.97. The Kier molecular flexibility index (Phi) is 7.18. The number of ether oxygens (including phenoxy) is 2. The maximum absolute atomic E-state index is 13.3. The van der Waals surface area contributed by atoms with Gasteiger partial charge in [-0.3, -0.25) is 19.7 Å². The summed E-state index contributed by atoms with van der Waals surface area (Å²) in [6.07, 6.45) is -0.957. The standard InChI is InChI=1S/C14H15FN2O6/c1-2-22-14(21)17-11(18)8-23-12(19)7-16-13(20)9-5-3-4-6-10(9)15/h3-6H,2,7-8H2,1H3,(H,16,20)(H,17,18,21). The van der Waals surface area contributed by atoms with Gasteiger partial charge in [-0.2, -0.15) is 0 Å². The molecule has 0 aromatic heterocycles. The van der Waals surface area contributed by atoms with Crippen LogP contribution in [0.5, 0.6) is 0 Å². The molecule has 0 bridgehead atoms. The minimum atomic E-state index is -0.957. The van der Waals surface area contributed by atoms with Gasteiger partial charge >= 0.3 is 12.1 Å². The molecule has 0 radical (unpaired) electrons. The first-order chi connectivity index (χ1) is 10.9. The molecule has 1 rings (SSSR count). The predicted molar refractivity (Wildman–Crippen MR) is 74.9 cm³/mol. The SMILES string of the molecule is CCOC(=O)NC(=O)COC(=O)CNC(=O)c1ccccc1F. The fourth-order valence-electron chi connectivity index (χ4n) is 1.41. The monoisotopic (exact) mass is 326 g/mol. The first-order valence-corrected chi connectivity index (χ1v) is 6.59. The van der Waals surface area contributed by atoms with Crippen molar-refractivity contribution in [2.45, 2.75) is 6.92 Å². The zero-order valence-electron chi connectivity index (χ0n) is 12.3. The van der Waals surface area contributed by atoms with Crippen molar-refractivity contribution in [3.05, 3.63) is 35.6 Å². The first-order valence-electron chi connectivity index (χ1n) is 6.59. The maximum Gasteiger partial charge on any atom is 0.413 e. The highest BCUT2D eigenvalue weighted by atomic mass is 19.1. The van der Waals surface area contributed by atoms with Crippen LogP contribution in [0.4, 0.5) is 9.18 Å². The van der Waals surface area contributed by atoms with E-state index in [1.165, 1.54) is 18.2 Å². The Morgan fingerprint density at radius 2 is 1.83 bits per heavy atom. The summed E-state index contributed by atoms with van der Waals surface area (Å²) in [6, 6.07) is 5.24. The smallest absolute Gasteiger partial charge is 0.413 e. The molecule has 9 heteroatoms. The Morgan fingerprint density at radius 1 is 1.13 bits per heavy atom. The molecule has 1 aromatic rings. The van der Waals surface area contributed by atoms with E-state index in [9.17, 15) is 23.6 Å². The molecular weight excluding hydrogens is 311 g/mol. The zero-order valence-corrected chi connectivity index (χ0v) is 12.3. The van der Waals surface area contributed by atoms with Crippen LogP contribution in [0.25, 0.3) is 0 Å². The van der Waals surface area contributed by atoms with Crippen molar-refractivity contribution in [2.24, 2.45) is 0 Å². The lowest BCUT2D eigenvalue weighted by Crippen LogP contribution is -2.36. The van der Waals surface area contributed by atoms with Crippen LogP contribution in [-0.2, 0) is 19.1 Å². The molecule has 0 saturated heterocycles. The molecule has 2 N–H and O–H groups in total. The van der Waals surface area contributed by atoms with Crippen molar-refractivity contribution >= 4 is 23.9 Å². The third-order valence-electron chi connectivity index (χ3n) is 2.39. The third kappa shape index (κ3) is 6.55. The minimum Gasteiger partial charge on any atom is -0.454 e. The lowest BCUT2D eigenvalue weighted by molar-refractivity contribution is -0.147. The van der Waals surface area contributed by atoms with Crippen molar-refractivity contribution in [1.82, 2.24) is 10.6 Å². The summed E-state index contributed by atoms with van der Waals surface area (Å²) in [5.41, 5.74) is -0.222. The molecule has 0 unspecified atom stereocenters. The van der Waals surface area contributed by atoms with Crippen LogP contribution in [0.1, 0.15) is 17.3 Å². The summed E-state index contributed by atoms with van der Waals surface area (Å²) >= 11 is 0. The second kappa shape index (κ2) is 9.13. The summed E-state index contributed by atoms with van der Waals surface area (Å²) in [6.45, 7) is 0.371. The quantitative estimate of drug-likeness (QED) is 0.731. The van der Waals surface area contributed by atoms with Gasteiger partial charge in [-0.25, -0.2) is 9.18 Å². The van der Waals surface area contributed by atoms with Crippen LogP contribution < -0.4 is 10.6 Å². The molecule has 0 aliphatic heterocycles. The Bertz CT molecular complexity index is 605. The fourth-order valence-corrected chi connectivity index (χ4v) is 1.41. The van der Waals surface area contributed by atoms with Crippen LogP contribution in [-0.4, -0.2) is 43.6 Å². The molecular formula is C14H15FN2O6. The average Bonchev–Trinajstić information content (AvgIpc) is 2.51. The number of hydrogen-bond donors (Lipinski definition) is 2. The van der Waals surface area contributed by atoms with E-state index in [0.29, 0.717) is 0 Å². The number of alkyl carbamates (subject to hydrolysis) is 1. The third-order valence-corrected chi connectivity index (χ3v) is 2.39. The van der Waals surface area contributed by atoms with Crippen molar-refractivity contribution in [3.63, 3.8) is 0 Å².